The molecule has 0 spiro atoms. The Morgan fingerprint density at radius 2 is 2.24 bits per heavy atom. The van der Waals surface area contributed by atoms with Gasteiger partial charge in [-0.25, -0.2) is 4.79 Å². The van der Waals surface area contributed by atoms with Crippen LogP contribution in [0, 0.1) is 5.92 Å². The number of rotatable bonds is 7. The molecule has 2 aromatic rings. The molecule has 3 N–H and O–H groups in total. The summed E-state index contributed by atoms with van der Waals surface area (Å²) in [6.45, 7) is 6.17. The van der Waals surface area contributed by atoms with Crippen LogP contribution in [0.15, 0.2) is 28.7 Å². The molecule has 1 saturated carbocycles. The maximum Gasteiger partial charge on any atom is 0.315 e. The number of carbonyl (C=O) groups excluding carboxylic acids is 1. The molecule has 1 fully saturated rings. The standard InChI is InChI=1S/C19H26N2O4/c1-4-24-15-7-5-6-13-10-16(25-17(13)15)12(2)20-18(23)21-19(3,11-22)14-8-9-14/h5-7,10,12,14,22H,4,8-9,11H2,1-3H3,(H2,20,21,23). The van der Waals surface area contributed by atoms with Crippen molar-refractivity contribution in [2.24, 2.45) is 5.92 Å². The predicted octanol–water partition coefficient (Wildman–Crippen LogP) is 3.35. The van der Waals surface area contributed by atoms with Crippen LogP contribution in [0.2, 0.25) is 0 Å². The van der Waals surface area contributed by atoms with E-state index >= 15 is 0 Å². The summed E-state index contributed by atoms with van der Waals surface area (Å²) in [4.78, 5) is 12.3. The van der Waals surface area contributed by atoms with Gasteiger partial charge in [0.1, 0.15) is 5.76 Å². The number of aliphatic hydroxyl groups is 1. The van der Waals surface area contributed by atoms with Crippen molar-refractivity contribution in [3.05, 3.63) is 30.0 Å². The number of hydrogen-bond donors (Lipinski definition) is 3. The Morgan fingerprint density at radius 1 is 1.48 bits per heavy atom. The molecule has 1 heterocycles. The van der Waals surface area contributed by atoms with Crippen LogP contribution >= 0.6 is 0 Å². The van der Waals surface area contributed by atoms with E-state index < -0.39 is 5.54 Å². The highest BCUT2D eigenvalue weighted by molar-refractivity contribution is 5.84. The Labute approximate surface area is 147 Å². The highest BCUT2D eigenvalue weighted by Gasteiger charge is 2.42. The third-order valence-corrected chi connectivity index (χ3v) is 4.81. The number of aliphatic hydroxyl groups excluding tert-OH is 1. The normalized spacial score (nSPS) is 17.8. The molecule has 0 aliphatic heterocycles. The number of amides is 2. The Morgan fingerprint density at radius 3 is 2.88 bits per heavy atom. The molecule has 1 aromatic heterocycles. The first kappa shape index (κ1) is 17.6. The van der Waals surface area contributed by atoms with E-state index in [2.05, 4.69) is 10.6 Å². The van der Waals surface area contributed by atoms with Gasteiger partial charge < -0.3 is 24.9 Å². The van der Waals surface area contributed by atoms with E-state index in [0.717, 1.165) is 18.2 Å². The van der Waals surface area contributed by atoms with Gasteiger partial charge in [0.25, 0.3) is 0 Å². The molecule has 136 valence electrons. The average Bonchev–Trinajstić information content (AvgIpc) is 3.34. The van der Waals surface area contributed by atoms with Gasteiger partial charge in [0, 0.05) is 5.39 Å². The summed E-state index contributed by atoms with van der Waals surface area (Å²) in [7, 11) is 0. The number of fused-ring (bicyclic) bond motifs is 1. The first-order chi connectivity index (χ1) is 12.0. The van der Waals surface area contributed by atoms with E-state index in [1.54, 1.807) is 0 Å². The van der Waals surface area contributed by atoms with Gasteiger partial charge in [-0.3, -0.25) is 0 Å². The van der Waals surface area contributed by atoms with Crippen molar-refractivity contribution in [1.29, 1.82) is 0 Å². The van der Waals surface area contributed by atoms with E-state index in [9.17, 15) is 9.90 Å². The van der Waals surface area contributed by atoms with Crippen LogP contribution in [-0.4, -0.2) is 29.9 Å². The molecule has 0 radical (unpaired) electrons. The smallest absolute Gasteiger partial charge is 0.315 e. The molecular weight excluding hydrogens is 320 g/mol. The van der Waals surface area contributed by atoms with Gasteiger partial charge in [0.15, 0.2) is 11.3 Å². The lowest BCUT2D eigenvalue weighted by molar-refractivity contribution is 0.154. The van der Waals surface area contributed by atoms with Gasteiger partial charge >= 0.3 is 6.03 Å². The summed E-state index contributed by atoms with van der Waals surface area (Å²) in [6.07, 6.45) is 2.08. The van der Waals surface area contributed by atoms with Crippen LogP contribution in [0.25, 0.3) is 11.0 Å². The fourth-order valence-electron chi connectivity index (χ4n) is 3.09. The fraction of sp³-hybridized carbons (Fsp3) is 0.526. The van der Waals surface area contributed by atoms with Crippen LogP contribution < -0.4 is 15.4 Å². The predicted molar refractivity (Wildman–Crippen MR) is 95.7 cm³/mol. The first-order valence-electron chi connectivity index (χ1n) is 8.81. The van der Waals surface area contributed by atoms with Crippen molar-refractivity contribution >= 4 is 17.0 Å². The number of benzene rings is 1. The third kappa shape index (κ3) is 3.74. The zero-order valence-electron chi connectivity index (χ0n) is 15.0. The molecule has 2 unspecified atom stereocenters. The molecule has 6 nitrogen and oxygen atoms in total. The highest BCUT2D eigenvalue weighted by atomic mass is 16.5. The molecule has 1 aliphatic rings. The second kappa shape index (κ2) is 6.96. The van der Waals surface area contributed by atoms with Gasteiger partial charge in [-0.05, 0) is 51.7 Å². The maximum absolute atomic E-state index is 12.3. The number of ether oxygens (including phenoxy) is 1. The summed E-state index contributed by atoms with van der Waals surface area (Å²) in [5.41, 5.74) is 0.117. The zero-order chi connectivity index (χ0) is 18.0. The second-order valence-corrected chi connectivity index (χ2v) is 6.93. The first-order valence-corrected chi connectivity index (χ1v) is 8.81. The lowest BCUT2D eigenvalue weighted by Gasteiger charge is -2.29. The number of urea groups is 1. The van der Waals surface area contributed by atoms with Gasteiger partial charge in [-0.15, -0.1) is 0 Å². The summed E-state index contributed by atoms with van der Waals surface area (Å²) in [5.74, 6) is 1.71. The zero-order valence-corrected chi connectivity index (χ0v) is 15.0. The van der Waals surface area contributed by atoms with E-state index in [-0.39, 0.29) is 18.7 Å². The van der Waals surface area contributed by atoms with E-state index in [0.29, 0.717) is 29.6 Å². The second-order valence-electron chi connectivity index (χ2n) is 6.93. The molecule has 2 amide bonds. The lowest BCUT2D eigenvalue weighted by atomic mass is 9.97. The largest absolute Gasteiger partial charge is 0.490 e. The number of para-hydroxylation sites is 1. The maximum atomic E-state index is 12.3. The molecule has 2 atom stereocenters. The monoisotopic (exact) mass is 346 g/mol. The van der Waals surface area contributed by atoms with Crippen molar-refractivity contribution in [3.63, 3.8) is 0 Å². The van der Waals surface area contributed by atoms with Gasteiger partial charge in [-0.1, -0.05) is 12.1 Å². The lowest BCUT2D eigenvalue weighted by Crippen LogP contribution is -2.54. The van der Waals surface area contributed by atoms with E-state index in [1.165, 1.54) is 0 Å². The number of furan rings is 1. The number of hydrogen-bond acceptors (Lipinski definition) is 4. The fourth-order valence-corrected chi connectivity index (χ4v) is 3.09. The minimum Gasteiger partial charge on any atom is -0.490 e. The summed E-state index contributed by atoms with van der Waals surface area (Å²) < 4.78 is 11.5. The molecule has 3 rings (SSSR count). The highest BCUT2D eigenvalue weighted by Crippen LogP contribution is 2.39. The molecule has 1 aliphatic carbocycles. The molecule has 0 bridgehead atoms. The summed E-state index contributed by atoms with van der Waals surface area (Å²) in [5, 5.41) is 16.3. The molecule has 1 aromatic carbocycles. The van der Waals surface area contributed by atoms with Crippen LogP contribution in [0.3, 0.4) is 0 Å². The third-order valence-electron chi connectivity index (χ3n) is 4.81. The van der Waals surface area contributed by atoms with Crippen molar-refractivity contribution in [2.45, 2.75) is 45.2 Å². The topological polar surface area (TPSA) is 83.7 Å². The number of nitrogens with one attached hydrogen (secondary N) is 2. The Kier molecular flexibility index (Phi) is 4.90. The van der Waals surface area contributed by atoms with E-state index in [1.807, 2.05) is 45.0 Å². The Bertz CT molecular complexity index is 753. The van der Waals surface area contributed by atoms with Crippen molar-refractivity contribution in [2.75, 3.05) is 13.2 Å². The molecular formula is C19H26N2O4. The minimum absolute atomic E-state index is 0.0676. The van der Waals surface area contributed by atoms with Gasteiger partial charge in [0.05, 0.1) is 24.8 Å². The molecule has 0 saturated heterocycles. The number of carbonyl (C=O) groups is 1. The van der Waals surface area contributed by atoms with Crippen molar-refractivity contribution < 1.29 is 19.1 Å². The van der Waals surface area contributed by atoms with E-state index in [4.69, 9.17) is 9.15 Å². The quantitative estimate of drug-likeness (QED) is 0.718. The van der Waals surface area contributed by atoms with Crippen molar-refractivity contribution in [1.82, 2.24) is 10.6 Å². The SMILES string of the molecule is CCOc1cccc2cc(C(C)NC(=O)NC(C)(CO)C3CC3)oc12. The van der Waals surface area contributed by atoms with Crippen LogP contribution in [-0.2, 0) is 0 Å². The van der Waals surface area contributed by atoms with Gasteiger partial charge in [-0.2, -0.15) is 0 Å². The Hall–Kier alpha value is -2.21. The summed E-state index contributed by atoms with van der Waals surface area (Å²) in [6, 6.07) is 7.04. The van der Waals surface area contributed by atoms with Crippen LogP contribution in [0.5, 0.6) is 5.75 Å². The average molecular weight is 346 g/mol. The van der Waals surface area contributed by atoms with Crippen LogP contribution in [0.4, 0.5) is 4.79 Å². The molecule has 6 heteroatoms. The Balaban J connectivity index is 1.70. The van der Waals surface area contributed by atoms with Gasteiger partial charge in [0.2, 0.25) is 0 Å². The van der Waals surface area contributed by atoms with Crippen molar-refractivity contribution in [3.8, 4) is 5.75 Å². The summed E-state index contributed by atoms with van der Waals surface area (Å²) >= 11 is 0. The molecule has 25 heavy (non-hydrogen) atoms. The van der Waals surface area contributed by atoms with Crippen LogP contribution in [0.1, 0.15) is 45.4 Å². The minimum atomic E-state index is -0.570.